The Morgan fingerprint density at radius 3 is 2.57 bits per heavy atom. The summed E-state index contributed by atoms with van der Waals surface area (Å²) >= 11 is 0. The summed E-state index contributed by atoms with van der Waals surface area (Å²) in [7, 11) is 0. The zero-order valence-electron chi connectivity index (χ0n) is 12.4. The summed E-state index contributed by atoms with van der Waals surface area (Å²) in [5.41, 5.74) is 1.17. The Hall–Kier alpha value is -1.65. The molecule has 0 aromatic carbocycles. The number of carbonyl (C=O) groups is 1. The molecule has 112 valence electrons. The van der Waals surface area contributed by atoms with E-state index in [1.54, 1.807) is 6.33 Å². The predicted octanol–water partition coefficient (Wildman–Crippen LogP) is 1.80. The van der Waals surface area contributed by atoms with Crippen LogP contribution in [0.4, 0.5) is 5.82 Å². The second-order valence-electron chi connectivity index (χ2n) is 6.56. The van der Waals surface area contributed by atoms with Crippen molar-refractivity contribution in [2.45, 2.75) is 38.0 Å². The molecule has 1 aliphatic carbocycles. The minimum Gasteiger partial charge on any atom is -0.355 e. The maximum Gasteiger partial charge on any atom is 0.229 e. The van der Waals surface area contributed by atoms with E-state index in [-0.39, 0.29) is 5.92 Å². The molecule has 3 fully saturated rings. The van der Waals surface area contributed by atoms with Gasteiger partial charge in [0.15, 0.2) is 0 Å². The largest absolute Gasteiger partial charge is 0.355 e. The Balaban J connectivity index is 1.36. The number of carbonyl (C=O) groups excluding carboxylic acids is 1. The van der Waals surface area contributed by atoms with Crippen LogP contribution >= 0.6 is 0 Å². The number of rotatable bonds is 3. The summed E-state index contributed by atoms with van der Waals surface area (Å²) in [6.45, 7) is 3.54. The fraction of sp³-hybridized carbons (Fsp3) is 0.688. The van der Waals surface area contributed by atoms with Gasteiger partial charge in [0.25, 0.3) is 0 Å². The van der Waals surface area contributed by atoms with Crippen LogP contribution in [0, 0.1) is 5.92 Å². The van der Waals surface area contributed by atoms with Crippen molar-refractivity contribution >= 4 is 11.7 Å². The molecule has 21 heavy (non-hydrogen) atoms. The fourth-order valence-electron chi connectivity index (χ4n) is 3.33. The second-order valence-corrected chi connectivity index (χ2v) is 6.56. The van der Waals surface area contributed by atoms with Crippen LogP contribution in [0.3, 0.4) is 0 Å². The summed E-state index contributed by atoms with van der Waals surface area (Å²) in [6, 6.07) is 2.11. The number of aromatic nitrogens is 2. The summed E-state index contributed by atoms with van der Waals surface area (Å²) < 4.78 is 0. The fourth-order valence-corrected chi connectivity index (χ4v) is 3.33. The average molecular weight is 286 g/mol. The maximum absolute atomic E-state index is 12.4. The van der Waals surface area contributed by atoms with Crippen LogP contribution in [0.15, 0.2) is 12.4 Å². The first kappa shape index (κ1) is 13.0. The molecule has 0 unspecified atom stereocenters. The van der Waals surface area contributed by atoms with E-state index in [1.807, 2.05) is 0 Å². The Morgan fingerprint density at radius 1 is 1.10 bits per heavy atom. The molecule has 1 aromatic rings. The molecule has 4 rings (SSSR count). The SMILES string of the molecule is O=C(C1CN(c2cc(C3CC3)ncn2)C1)N1CCCCC1. The second kappa shape index (κ2) is 5.28. The van der Waals surface area contributed by atoms with Gasteiger partial charge >= 0.3 is 0 Å². The molecular formula is C16H22N4O. The molecule has 1 aromatic heterocycles. The van der Waals surface area contributed by atoms with Gasteiger partial charge in [-0.1, -0.05) is 0 Å². The number of hydrogen-bond donors (Lipinski definition) is 0. The molecule has 5 heteroatoms. The van der Waals surface area contributed by atoms with Crippen LogP contribution in [0.25, 0.3) is 0 Å². The van der Waals surface area contributed by atoms with E-state index in [0.717, 1.165) is 32.0 Å². The summed E-state index contributed by atoms with van der Waals surface area (Å²) in [5, 5.41) is 0. The van der Waals surface area contributed by atoms with Gasteiger partial charge < -0.3 is 9.80 Å². The van der Waals surface area contributed by atoms with Gasteiger partial charge in [-0.25, -0.2) is 9.97 Å². The van der Waals surface area contributed by atoms with Gasteiger partial charge in [-0.15, -0.1) is 0 Å². The van der Waals surface area contributed by atoms with Crippen LogP contribution in [0.1, 0.15) is 43.7 Å². The van der Waals surface area contributed by atoms with E-state index < -0.39 is 0 Å². The molecule has 3 heterocycles. The van der Waals surface area contributed by atoms with Crippen LogP contribution in [-0.2, 0) is 4.79 Å². The summed E-state index contributed by atoms with van der Waals surface area (Å²) in [6.07, 6.45) is 7.78. The highest BCUT2D eigenvalue weighted by atomic mass is 16.2. The molecule has 0 N–H and O–H groups in total. The number of piperidine rings is 1. The Morgan fingerprint density at radius 2 is 1.86 bits per heavy atom. The van der Waals surface area contributed by atoms with Crippen LogP contribution < -0.4 is 4.90 Å². The van der Waals surface area contributed by atoms with Gasteiger partial charge in [0.05, 0.1) is 5.92 Å². The molecule has 0 spiro atoms. The molecule has 2 saturated heterocycles. The maximum atomic E-state index is 12.4. The monoisotopic (exact) mass is 286 g/mol. The quantitative estimate of drug-likeness (QED) is 0.850. The van der Waals surface area contributed by atoms with Crippen molar-refractivity contribution in [3.63, 3.8) is 0 Å². The third-order valence-corrected chi connectivity index (χ3v) is 4.89. The van der Waals surface area contributed by atoms with Crippen molar-refractivity contribution in [3.8, 4) is 0 Å². The minimum atomic E-state index is 0.169. The molecule has 1 saturated carbocycles. The van der Waals surface area contributed by atoms with Crippen LogP contribution in [0.2, 0.25) is 0 Å². The van der Waals surface area contributed by atoms with Gasteiger partial charge in [0, 0.05) is 43.9 Å². The van der Waals surface area contributed by atoms with Gasteiger partial charge in [-0.05, 0) is 32.1 Å². The van der Waals surface area contributed by atoms with Crippen molar-refractivity contribution in [1.82, 2.24) is 14.9 Å². The van der Waals surface area contributed by atoms with Gasteiger partial charge in [0.2, 0.25) is 5.91 Å². The van der Waals surface area contributed by atoms with Gasteiger partial charge in [-0.3, -0.25) is 4.79 Å². The Labute approximate surface area is 125 Å². The summed E-state index contributed by atoms with van der Waals surface area (Å²) in [4.78, 5) is 25.4. The number of likely N-dealkylation sites (tertiary alicyclic amines) is 1. The van der Waals surface area contributed by atoms with Gasteiger partial charge in [0.1, 0.15) is 12.1 Å². The number of nitrogens with zero attached hydrogens (tertiary/aromatic N) is 4. The lowest BCUT2D eigenvalue weighted by Crippen LogP contribution is -2.55. The molecule has 2 aliphatic heterocycles. The molecule has 5 nitrogen and oxygen atoms in total. The van der Waals surface area contributed by atoms with Crippen molar-refractivity contribution in [2.24, 2.45) is 5.92 Å². The van der Waals surface area contributed by atoms with E-state index in [4.69, 9.17) is 0 Å². The highest BCUT2D eigenvalue weighted by molar-refractivity contribution is 5.82. The first-order valence-electron chi connectivity index (χ1n) is 8.17. The minimum absolute atomic E-state index is 0.169. The zero-order chi connectivity index (χ0) is 14.2. The highest BCUT2D eigenvalue weighted by Gasteiger charge is 2.37. The Kier molecular flexibility index (Phi) is 3.28. The first-order chi connectivity index (χ1) is 10.3. The highest BCUT2D eigenvalue weighted by Crippen LogP contribution is 2.39. The smallest absolute Gasteiger partial charge is 0.229 e. The molecule has 3 aliphatic rings. The van der Waals surface area contributed by atoms with E-state index in [9.17, 15) is 4.79 Å². The average Bonchev–Trinajstić information content (AvgIpc) is 3.31. The van der Waals surface area contributed by atoms with Crippen LogP contribution in [-0.4, -0.2) is 47.0 Å². The standard InChI is InChI=1S/C16H22N4O/c21-16(19-6-2-1-3-7-19)13-9-20(10-13)15-8-14(12-4-5-12)17-11-18-15/h8,11-13H,1-7,9-10H2. The van der Waals surface area contributed by atoms with Crippen molar-refractivity contribution in [3.05, 3.63) is 18.1 Å². The molecule has 0 atom stereocenters. The van der Waals surface area contributed by atoms with Crippen molar-refractivity contribution in [1.29, 1.82) is 0 Å². The topological polar surface area (TPSA) is 49.3 Å². The number of amides is 1. The molecular weight excluding hydrogens is 264 g/mol. The zero-order valence-corrected chi connectivity index (χ0v) is 12.4. The van der Waals surface area contributed by atoms with E-state index in [1.165, 1.54) is 37.8 Å². The van der Waals surface area contributed by atoms with Crippen LogP contribution in [0.5, 0.6) is 0 Å². The normalized spacial score (nSPS) is 23.0. The Bertz CT molecular complexity index is 531. The van der Waals surface area contributed by atoms with Crippen molar-refractivity contribution < 1.29 is 4.79 Å². The lowest BCUT2D eigenvalue weighted by atomic mass is 9.97. The summed E-state index contributed by atoms with van der Waals surface area (Å²) in [5.74, 6) is 2.17. The number of hydrogen-bond acceptors (Lipinski definition) is 4. The third kappa shape index (κ3) is 2.61. The lowest BCUT2D eigenvalue weighted by molar-refractivity contribution is -0.137. The van der Waals surface area contributed by atoms with E-state index in [0.29, 0.717) is 11.8 Å². The predicted molar refractivity (Wildman–Crippen MR) is 80.1 cm³/mol. The molecule has 0 radical (unpaired) electrons. The van der Waals surface area contributed by atoms with E-state index >= 15 is 0 Å². The van der Waals surface area contributed by atoms with Gasteiger partial charge in [-0.2, -0.15) is 0 Å². The third-order valence-electron chi connectivity index (χ3n) is 4.89. The number of anilines is 1. The molecule has 1 amide bonds. The van der Waals surface area contributed by atoms with Crippen molar-refractivity contribution in [2.75, 3.05) is 31.1 Å². The molecule has 0 bridgehead atoms. The van der Waals surface area contributed by atoms with E-state index in [2.05, 4.69) is 25.8 Å². The lowest BCUT2D eigenvalue weighted by Gasteiger charge is -2.42. The first-order valence-corrected chi connectivity index (χ1v) is 8.17.